The van der Waals surface area contributed by atoms with Gasteiger partial charge in [0.1, 0.15) is 6.54 Å². The largest absolute Gasteiger partial charge is 0.375 e. The van der Waals surface area contributed by atoms with Gasteiger partial charge in [0.05, 0.1) is 6.10 Å². The summed E-state index contributed by atoms with van der Waals surface area (Å²) in [6.45, 7) is 0.281. The number of benzene rings is 1. The van der Waals surface area contributed by atoms with Crippen molar-refractivity contribution in [2.75, 3.05) is 13.7 Å². The van der Waals surface area contributed by atoms with Crippen molar-refractivity contribution >= 4 is 17.5 Å². The molecule has 0 fully saturated rings. The van der Waals surface area contributed by atoms with Crippen molar-refractivity contribution in [1.29, 1.82) is 0 Å². The molecule has 0 aliphatic rings. The maximum absolute atomic E-state index is 11.9. The standard InChI is InChI=1S/C16H17ClN2O3/c1-22-14(12-5-4-6-13(17)9-12)10-18-15(20)11-19-8-3-2-7-16(19)21/h2-9,14H,10-11H2,1H3,(H,18,20)/t14-/m0/s1. The Hall–Kier alpha value is -2.11. The average Bonchev–Trinajstić information content (AvgIpc) is 2.50. The van der Waals surface area contributed by atoms with Crippen LogP contribution in [-0.4, -0.2) is 24.1 Å². The highest BCUT2D eigenvalue weighted by atomic mass is 35.5. The number of pyridine rings is 1. The van der Waals surface area contributed by atoms with E-state index in [9.17, 15) is 9.59 Å². The fourth-order valence-corrected chi connectivity index (χ4v) is 2.25. The van der Waals surface area contributed by atoms with E-state index in [0.717, 1.165) is 5.56 Å². The van der Waals surface area contributed by atoms with Crippen LogP contribution in [0, 0.1) is 0 Å². The van der Waals surface area contributed by atoms with Crippen LogP contribution < -0.4 is 10.9 Å². The minimum Gasteiger partial charge on any atom is -0.375 e. The molecule has 1 aromatic heterocycles. The van der Waals surface area contributed by atoms with Crippen LogP contribution in [0.2, 0.25) is 5.02 Å². The number of ether oxygens (including phenoxy) is 1. The first-order chi connectivity index (χ1) is 10.6. The fraction of sp³-hybridized carbons (Fsp3) is 0.250. The van der Waals surface area contributed by atoms with Gasteiger partial charge in [-0.3, -0.25) is 9.59 Å². The Bertz CT molecular complexity index is 700. The summed E-state index contributed by atoms with van der Waals surface area (Å²) in [5.74, 6) is -0.252. The summed E-state index contributed by atoms with van der Waals surface area (Å²) in [7, 11) is 1.57. The molecule has 0 aliphatic heterocycles. The molecule has 22 heavy (non-hydrogen) atoms. The molecule has 0 unspecified atom stereocenters. The number of aromatic nitrogens is 1. The van der Waals surface area contributed by atoms with E-state index >= 15 is 0 Å². The monoisotopic (exact) mass is 320 g/mol. The van der Waals surface area contributed by atoms with Gasteiger partial charge in [-0.2, -0.15) is 0 Å². The van der Waals surface area contributed by atoms with Gasteiger partial charge in [0.15, 0.2) is 0 Å². The predicted octanol–water partition coefficient (Wildman–Crippen LogP) is 2.01. The number of nitrogens with zero attached hydrogens (tertiary/aromatic N) is 1. The predicted molar refractivity (Wildman–Crippen MR) is 84.9 cm³/mol. The Morgan fingerprint density at radius 1 is 1.32 bits per heavy atom. The smallest absolute Gasteiger partial charge is 0.250 e. The average molecular weight is 321 g/mol. The van der Waals surface area contributed by atoms with E-state index in [1.165, 1.54) is 10.6 Å². The van der Waals surface area contributed by atoms with E-state index in [1.807, 2.05) is 12.1 Å². The summed E-state index contributed by atoms with van der Waals surface area (Å²) in [5.41, 5.74) is 0.669. The lowest BCUT2D eigenvalue weighted by Gasteiger charge is -2.17. The van der Waals surface area contributed by atoms with Crippen molar-refractivity contribution in [2.45, 2.75) is 12.6 Å². The van der Waals surface area contributed by atoms with Crippen molar-refractivity contribution in [3.05, 3.63) is 69.6 Å². The molecule has 1 heterocycles. The Morgan fingerprint density at radius 2 is 2.14 bits per heavy atom. The number of halogens is 1. The van der Waals surface area contributed by atoms with Gasteiger partial charge in [-0.25, -0.2) is 0 Å². The molecule has 0 spiro atoms. The van der Waals surface area contributed by atoms with Gasteiger partial charge in [0.2, 0.25) is 5.91 Å². The number of hydrogen-bond acceptors (Lipinski definition) is 3. The first-order valence-corrected chi connectivity index (χ1v) is 7.18. The number of carbonyl (C=O) groups excluding carboxylic acids is 1. The molecule has 2 aromatic rings. The van der Waals surface area contributed by atoms with Crippen molar-refractivity contribution in [3.63, 3.8) is 0 Å². The van der Waals surface area contributed by atoms with Crippen LogP contribution in [0.3, 0.4) is 0 Å². The van der Waals surface area contributed by atoms with Gasteiger partial charge in [-0.15, -0.1) is 0 Å². The van der Waals surface area contributed by atoms with Gasteiger partial charge in [0.25, 0.3) is 5.56 Å². The zero-order valence-electron chi connectivity index (χ0n) is 12.2. The zero-order chi connectivity index (χ0) is 15.9. The molecule has 2 rings (SSSR count). The molecule has 0 saturated heterocycles. The molecule has 5 nitrogen and oxygen atoms in total. The topological polar surface area (TPSA) is 60.3 Å². The van der Waals surface area contributed by atoms with Crippen LogP contribution in [-0.2, 0) is 16.1 Å². The molecule has 0 radical (unpaired) electrons. The molecule has 1 aromatic carbocycles. The first kappa shape index (κ1) is 16.3. The summed E-state index contributed by atoms with van der Waals surface area (Å²) in [5, 5.41) is 3.37. The van der Waals surface area contributed by atoms with E-state index < -0.39 is 0 Å². The van der Waals surface area contributed by atoms with Gasteiger partial charge in [0, 0.05) is 30.9 Å². The van der Waals surface area contributed by atoms with Crippen molar-refractivity contribution < 1.29 is 9.53 Å². The molecule has 6 heteroatoms. The number of hydrogen-bond donors (Lipinski definition) is 1. The van der Waals surface area contributed by atoms with Crippen LogP contribution in [0.25, 0.3) is 0 Å². The van der Waals surface area contributed by atoms with E-state index in [4.69, 9.17) is 16.3 Å². The summed E-state index contributed by atoms with van der Waals surface area (Å²) >= 11 is 5.95. The highest BCUT2D eigenvalue weighted by Gasteiger charge is 2.12. The third-order valence-electron chi connectivity index (χ3n) is 3.20. The number of nitrogens with one attached hydrogen (secondary N) is 1. The third-order valence-corrected chi connectivity index (χ3v) is 3.44. The van der Waals surface area contributed by atoms with Crippen molar-refractivity contribution in [1.82, 2.24) is 9.88 Å². The van der Waals surface area contributed by atoms with E-state index in [1.54, 1.807) is 37.6 Å². The molecule has 1 amide bonds. The van der Waals surface area contributed by atoms with Gasteiger partial charge in [-0.1, -0.05) is 29.8 Å². The second-order valence-corrected chi connectivity index (χ2v) is 5.19. The van der Waals surface area contributed by atoms with E-state index in [-0.39, 0.29) is 24.1 Å². The molecule has 1 atom stereocenters. The second kappa shape index (κ2) is 7.77. The SMILES string of the molecule is CO[C@@H](CNC(=O)Cn1ccccc1=O)c1cccc(Cl)c1. The third kappa shape index (κ3) is 4.44. The number of carbonyl (C=O) groups is 1. The van der Waals surface area contributed by atoms with Crippen LogP contribution in [0.5, 0.6) is 0 Å². The zero-order valence-corrected chi connectivity index (χ0v) is 12.9. The maximum Gasteiger partial charge on any atom is 0.250 e. The van der Waals surface area contributed by atoms with Gasteiger partial charge in [-0.05, 0) is 23.8 Å². The molecular weight excluding hydrogens is 304 g/mol. The number of methoxy groups -OCH3 is 1. The lowest BCUT2D eigenvalue weighted by molar-refractivity contribution is -0.122. The lowest BCUT2D eigenvalue weighted by atomic mass is 10.1. The summed E-state index contributed by atoms with van der Waals surface area (Å²) in [6.07, 6.45) is 1.28. The fourth-order valence-electron chi connectivity index (χ4n) is 2.05. The van der Waals surface area contributed by atoms with Crippen molar-refractivity contribution in [3.8, 4) is 0 Å². The quantitative estimate of drug-likeness (QED) is 0.885. The molecular formula is C16H17ClN2O3. The maximum atomic E-state index is 11.9. The molecule has 116 valence electrons. The van der Waals surface area contributed by atoms with Crippen LogP contribution in [0.1, 0.15) is 11.7 Å². The van der Waals surface area contributed by atoms with Crippen molar-refractivity contribution in [2.24, 2.45) is 0 Å². The minimum absolute atomic E-state index is 0.0222. The van der Waals surface area contributed by atoms with Gasteiger partial charge < -0.3 is 14.6 Å². The number of rotatable bonds is 6. The molecule has 1 N–H and O–H groups in total. The van der Waals surface area contributed by atoms with E-state index in [2.05, 4.69) is 5.32 Å². The summed E-state index contributed by atoms with van der Waals surface area (Å²) < 4.78 is 6.72. The summed E-state index contributed by atoms with van der Waals surface area (Å²) in [4.78, 5) is 23.5. The van der Waals surface area contributed by atoms with Crippen LogP contribution in [0.15, 0.2) is 53.5 Å². The molecule has 0 aliphatic carbocycles. The van der Waals surface area contributed by atoms with E-state index in [0.29, 0.717) is 11.6 Å². The van der Waals surface area contributed by atoms with Crippen LogP contribution in [0.4, 0.5) is 0 Å². The Kier molecular flexibility index (Phi) is 5.75. The van der Waals surface area contributed by atoms with Gasteiger partial charge >= 0.3 is 0 Å². The van der Waals surface area contributed by atoms with Crippen LogP contribution >= 0.6 is 11.6 Å². The molecule has 0 saturated carbocycles. The summed E-state index contributed by atoms with van der Waals surface area (Å²) in [6, 6.07) is 12.0. The molecule has 0 bridgehead atoms. The first-order valence-electron chi connectivity index (χ1n) is 6.80. The highest BCUT2D eigenvalue weighted by molar-refractivity contribution is 6.30. The lowest BCUT2D eigenvalue weighted by Crippen LogP contribution is -2.34. The Balaban J connectivity index is 1.94. The minimum atomic E-state index is -0.296. The Labute approximate surface area is 133 Å². The normalized spacial score (nSPS) is 11.9. The second-order valence-electron chi connectivity index (χ2n) is 4.75. The Morgan fingerprint density at radius 3 is 2.82 bits per heavy atom. The highest BCUT2D eigenvalue weighted by Crippen LogP contribution is 2.19. The number of amides is 1.